The van der Waals surface area contributed by atoms with Crippen molar-refractivity contribution in [2.24, 2.45) is 0 Å². The van der Waals surface area contributed by atoms with Gasteiger partial charge in [-0.15, -0.1) is 0 Å². The highest BCUT2D eigenvalue weighted by atomic mass is 31.3. The molecule has 0 aromatic carbocycles. The SMILES string of the molecule is O=c1[nH]c(=O)n([C@@H]2O[C@H](COP(=O)([O-])OP(=O)([O-])OP(=O)([O-])[O-])C(O)[C@@H]2O)cc1CO. The van der Waals surface area contributed by atoms with Crippen LogP contribution in [0.25, 0.3) is 0 Å². The molecule has 0 spiro atoms. The van der Waals surface area contributed by atoms with Crippen molar-refractivity contribution < 1.29 is 66.5 Å². The van der Waals surface area contributed by atoms with Gasteiger partial charge in [-0.25, -0.2) is 9.11 Å². The summed E-state index contributed by atoms with van der Waals surface area (Å²) < 4.78 is 49.0. The molecule has 0 amide bonds. The Morgan fingerprint density at radius 2 is 1.68 bits per heavy atom. The number of nitrogens with zero attached hydrogens (tertiary/aromatic N) is 1. The van der Waals surface area contributed by atoms with E-state index in [2.05, 4.69) is 13.1 Å². The van der Waals surface area contributed by atoms with Crippen molar-refractivity contribution in [3.8, 4) is 0 Å². The van der Waals surface area contributed by atoms with E-state index in [1.54, 1.807) is 4.98 Å². The lowest BCUT2D eigenvalue weighted by Gasteiger charge is -2.37. The fourth-order valence-corrected chi connectivity index (χ4v) is 5.24. The van der Waals surface area contributed by atoms with Gasteiger partial charge in [-0.1, -0.05) is 0 Å². The third kappa shape index (κ3) is 6.95. The quantitative estimate of drug-likeness (QED) is 0.225. The molecule has 21 heteroatoms. The van der Waals surface area contributed by atoms with Crippen LogP contribution in [0.3, 0.4) is 0 Å². The van der Waals surface area contributed by atoms with Gasteiger partial charge >= 0.3 is 5.69 Å². The van der Waals surface area contributed by atoms with Crippen LogP contribution in [0.5, 0.6) is 0 Å². The smallest absolute Gasteiger partial charge is 0.330 e. The van der Waals surface area contributed by atoms with E-state index in [0.717, 1.165) is 6.20 Å². The van der Waals surface area contributed by atoms with Crippen molar-refractivity contribution in [2.45, 2.75) is 31.1 Å². The lowest BCUT2D eigenvalue weighted by molar-refractivity contribution is -0.339. The van der Waals surface area contributed by atoms with Crippen molar-refractivity contribution in [2.75, 3.05) is 6.61 Å². The first-order chi connectivity index (χ1) is 14.1. The molecule has 18 nitrogen and oxygen atoms in total. The molecule has 0 bridgehead atoms. The van der Waals surface area contributed by atoms with Gasteiger partial charge in [0.2, 0.25) is 0 Å². The molecule has 0 radical (unpaired) electrons. The van der Waals surface area contributed by atoms with E-state index in [1.165, 1.54) is 0 Å². The molecule has 4 N–H and O–H groups in total. The average molecular weight is 510 g/mol. The topological polar surface area (TPSA) is 296 Å². The Kier molecular flexibility index (Phi) is 7.96. The van der Waals surface area contributed by atoms with E-state index in [0.29, 0.717) is 4.57 Å². The molecule has 0 saturated carbocycles. The number of rotatable bonds is 9. The summed E-state index contributed by atoms with van der Waals surface area (Å²) in [5.41, 5.74) is -2.38. The maximum absolute atomic E-state index is 11.9. The Balaban J connectivity index is 2.12. The van der Waals surface area contributed by atoms with Crippen LogP contribution in [0.2, 0.25) is 0 Å². The predicted octanol–water partition coefficient (Wildman–Crippen LogP) is -5.54. The summed E-state index contributed by atoms with van der Waals surface area (Å²) in [6.45, 7) is -2.02. The summed E-state index contributed by atoms with van der Waals surface area (Å²) in [4.78, 5) is 68.3. The number of H-pyrrole nitrogens is 1. The lowest BCUT2D eigenvalue weighted by Crippen LogP contribution is -2.39. The van der Waals surface area contributed by atoms with E-state index in [4.69, 9.17) is 9.84 Å². The van der Waals surface area contributed by atoms with Gasteiger partial charge in [-0.05, 0) is 0 Å². The summed E-state index contributed by atoms with van der Waals surface area (Å²) in [5.74, 6) is 0. The Bertz CT molecular complexity index is 1060. The van der Waals surface area contributed by atoms with E-state index in [1.807, 2.05) is 0 Å². The zero-order valence-corrected chi connectivity index (χ0v) is 17.4. The maximum Gasteiger partial charge on any atom is 0.330 e. The number of aliphatic hydroxyl groups excluding tert-OH is 3. The summed E-state index contributed by atoms with van der Waals surface area (Å²) in [6.07, 6.45) is -6.43. The van der Waals surface area contributed by atoms with Crippen molar-refractivity contribution in [3.63, 3.8) is 0 Å². The molecule has 1 aromatic rings. The monoisotopic (exact) mass is 510 g/mol. The van der Waals surface area contributed by atoms with Crippen LogP contribution >= 0.6 is 23.5 Å². The minimum Gasteiger partial charge on any atom is -0.790 e. The van der Waals surface area contributed by atoms with Gasteiger partial charge in [0.05, 0.1) is 26.6 Å². The zero-order chi connectivity index (χ0) is 23.8. The predicted molar refractivity (Wildman–Crippen MR) is 84.1 cm³/mol. The summed E-state index contributed by atoms with van der Waals surface area (Å²) >= 11 is 0. The van der Waals surface area contributed by atoms with E-state index >= 15 is 0 Å². The second-order valence-electron chi connectivity index (χ2n) is 5.83. The molecule has 2 heterocycles. The van der Waals surface area contributed by atoms with E-state index < -0.39 is 72.5 Å². The number of aromatic amines is 1. The van der Waals surface area contributed by atoms with Crippen LogP contribution in [-0.2, 0) is 38.2 Å². The molecular formula is C10H13N2O16P3-4. The van der Waals surface area contributed by atoms with Crippen LogP contribution in [0.1, 0.15) is 11.8 Å². The molecule has 1 aromatic heterocycles. The van der Waals surface area contributed by atoms with Crippen LogP contribution < -0.4 is 30.8 Å². The van der Waals surface area contributed by atoms with Crippen molar-refractivity contribution in [1.82, 2.24) is 9.55 Å². The van der Waals surface area contributed by atoms with Gasteiger partial charge < -0.3 is 48.7 Å². The molecule has 1 aliphatic heterocycles. The molecule has 6 atom stereocenters. The van der Waals surface area contributed by atoms with Gasteiger partial charge in [0.1, 0.15) is 18.3 Å². The Hall–Kier alpha value is -1.07. The molecule has 2 rings (SSSR count). The standard InChI is InChI=1S/C10H17N2O16P3/c13-2-4-1-12(10(17)11-8(4)16)9-7(15)6(14)5(26-9)3-25-30(21,22)28-31(23,24)27-29(18,19)20/h1,5-7,9,13-15H,2-3H2,(H,21,22)(H,23,24)(H,11,16,17)(H2,18,19,20)/p-4/t5-,6?,7+,9-/m1/s1. The largest absolute Gasteiger partial charge is 0.790 e. The second-order valence-corrected chi connectivity index (χ2v) is 10.1. The number of aromatic nitrogens is 2. The van der Waals surface area contributed by atoms with Crippen molar-refractivity contribution in [1.29, 1.82) is 0 Å². The molecule has 3 unspecified atom stereocenters. The minimum atomic E-state index is -6.20. The van der Waals surface area contributed by atoms with Crippen molar-refractivity contribution in [3.05, 3.63) is 32.6 Å². The van der Waals surface area contributed by atoms with E-state index in [9.17, 15) is 53.1 Å². The number of nitrogens with one attached hydrogen (secondary N) is 1. The van der Waals surface area contributed by atoms with Crippen LogP contribution in [0, 0.1) is 0 Å². The first-order valence-corrected chi connectivity index (χ1v) is 12.1. The molecular weight excluding hydrogens is 497 g/mol. The van der Waals surface area contributed by atoms with Gasteiger partial charge in [0.15, 0.2) is 6.23 Å². The molecule has 1 aliphatic rings. The highest BCUT2D eigenvalue weighted by molar-refractivity contribution is 7.64. The third-order valence-electron chi connectivity index (χ3n) is 3.62. The van der Waals surface area contributed by atoms with Gasteiger partial charge in [-0.3, -0.25) is 27.8 Å². The highest BCUT2D eigenvalue weighted by Gasteiger charge is 2.45. The summed E-state index contributed by atoms with van der Waals surface area (Å²) in [5, 5.41) is 29.1. The average Bonchev–Trinajstić information content (AvgIpc) is 2.85. The molecule has 178 valence electrons. The van der Waals surface area contributed by atoms with Crippen LogP contribution in [0.4, 0.5) is 0 Å². The number of phosphoric acid groups is 3. The maximum atomic E-state index is 11.9. The number of aliphatic hydroxyl groups is 3. The lowest BCUT2D eigenvalue weighted by atomic mass is 10.1. The van der Waals surface area contributed by atoms with Gasteiger partial charge in [0, 0.05) is 6.20 Å². The van der Waals surface area contributed by atoms with E-state index in [-0.39, 0.29) is 5.56 Å². The van der Waals surface area contributed by atoms with Gasteiger partial charge in [-0.2, -0.15) is 0 Å². The zero-order valence-electron chi connectivity index (χ0n) is 14.7. The second kappa shape index (κ2) is 9.43. The minimum absolute atomic E-state index is 0.317. The molecule has 1 saturated heterocycles. The van der Waals surface area contributed by atoms with Crippen molar-refractivity contribution >= 4 is 23.5 Å². The number of phosphoric ester groups is 1. The fourth-order valence-electron chi connectivity index (χ4n) is 2.37. The molecule has 1 fully saturated rings. The fraction of sp³-hybridized carbons (Fsp3) is 0.600. The molecule has 0 aliphatic carbocycles. The Morgan fingerprint density at radius 3 is 2.23 bits per heavy atom. The number of hydrogen-bond acceptors (Lipinski definition) is 16. The first-order valence-electron chi connectivity index (χ1n) is 7.73. The third-order valence-corrected chi connectivity index (χ3v) is 7.29. The number of ether oxygens (including phenoxy) is 1. The number of hydrogen-bond donors (Lipinski definition) is 4. The first kappa shape index (κ1) is 26.2. The summed E-state index contributed by atoms with van der Waals surface area (Å²) in [6, 6.07) is 0. The Labute approximate surface area is 170 Å². The normalized spacial score (nSPS) is 28.2. The summed E-state index contributed by atoms with van der Waals surface area (Å²) in [7, 11) is -18.3. The Morgan fingerprint density at radius 1 is 1.06 bits per heavy atom. The van der Waals surface area contributed by atoms with Crippen LogP contribution in [-0.4, -0.2) is 49.8 Å². The molecule has 31 heavy (non-hydrogen) atoms. The van der Waals surface area contributed by atoms with Crippen LogP contribution in [0.15, 0.2) is 15.8 Å². The highest BCUT2D eigenvalue weighted by Crippen LogP contribution is 2.60. The van der Waals surface area contributed by atoms with Gasteiger partial charge in [0.25, 0.3) is 21.2 Å².